The van der Waals surface area contributed by atoms with Gasteiger partial charge < -0.3 is 5.21 Å². The lowest BCUT2D eigenvalue weighted by atomic mass is 10.4. The molecule has 0 aromatic rings. The van der Waals surface area contributed by atoms with Crippen molar-refractivity contribution in [3.8, 4) is 0 Å². The molecule has 1 fully saturated rings. The number of hydroxylamine groups is 1. The molecule has 0 spiro atoms. The molecule has 7 nitrogen and oxygen atoms in total. The highest BCUT2D eigenvalue weighted by Crippen LogP contribution is 2.08. The Kier molecular flexibility index (Phi) is 2.82. The van der Waals surface area contributed by atoms with E-state index in [2.05, 4.69) is 0 Å². The standard InChI is InChI=1S/C7H10N3O4/c1-5(11)8-4-9(6(2)12)10(14)3-7(8)13/h3-4H2,1-2H3/q-1. The highest BCUT2D eigenvalue weighted by molar-refractivity contribution is 5.96. The van der Waals surface area contributed by atoms with Crippen molar-refractivity contribution in [1.82, 2.24) is 15.1 Å². The zero-order chi connectivity index (χ0) is 10.9. The number of hydrogen-bond donors (Lipinski definition) is 0. The van der Waals surface area contributed by atoms with Crippen molar-refractivity contribution < 1.29 is 14.4 Å². The molecule has 1 rings (SSSR count). The highest BCUT2D eigenvalue weighted by Gasteiger charge is 2.29. The molecule has 7 heteroatoms. The third kappa shape index (κ3) is 1.88. The zero-order valence-electron chi connectivity index (χ0n) is 7.89. The predicted octanol–water partition coefficient (Wildman–Crippen LogP) is -1.10. The van der Waals surface area contributed by atoms with Crippen LogP contribution in [0.2, 0.25) is 0 Å². The van der Waals surface area contributed by atoms with Crippen LogP contribution in [0.3, 0.4) is 0 Å². The van der Waals surface area contributed by atoms with Crippen LogP contribution in [0.1, 0.15) is 13.8 Å². The lowest BCUT2D eigenvalue weighted by Gasteiger charge is -2.45. The molecule has 78 valence electrons. The average molecular weight is 200 g/mol. The SMILES string of the molecule is CC(=O)N1CN(C(C)=O)N([O-])CC1=O. The largest absolute Gasteiger partial charge is 0.767 e. The van der Waals surface area contributed by atoms with Crippen LogP contribution in [0, 0.1) is 5.21 Å². The molecule has 1 aliphatic rings. The van der Waals surface area contributed by atoms with E-state index in [1.54, 1.807) is 0 Å². The van der Waals surface area contributed by atoms with Crippen molar-refractivity contribution in [2.24, 2.45) is 0 Å². The van der Waals surface area contributed by atoms with E-state index in [-0.39, 0.29) is 11.8 Å². The zero-order valence-corrected chi connectivity index (χ0v) is 7.89. The first-order chi connectivity index (χ1) is 6.43. The molecular formula is C7H10N3O4-. The number of hydrogen-bond acceptors (Lipinski definition) is 5. The summed E-state index contributed by atoms with van der Waals surface area (Å²) in [6, 6.07) is 0. The van der Waals surface area contributed by atoms with Crippen molar-refractivity contribution in [3.63, 3.8) is 0 Å². The summed E-state index contributed by atoms with van der Waals surface area (Å²) in [7, 11) is 0. The van der Waals surface area contributed by atoms with Gasteiger partial charge in [-0.15, -0.1) is 0 Å². The first-order valence-corrected chi connectivity index (χ1v) is 3.97. The third-order valence-electron chi connectivity index (χ3n) is 1.86. The normalized spacial score (nSPS) is 18.6. The minimum Gasteiger partial charge on any atom is -0.767 e. The quantitative estimate of drug-likeness (QED) is 0.495. The van der Waals surface area contributed by atoms with Gasteiger partial charge in [0.15, 0.2) is 0 Å². The second-order valence-corrected chi connectivity index (χ2v) is 2.91. The van der Waals surface area contributed by atoms with Crippen LogP contribution in [-0.4, -0.2) is 46.0 Å². The van der Waals surface area contributed by atoms with Crippen molar-refractivity contribution in [2.45, 2.75) is 13.8 Å². The minimum atomic E-state index is -0.593. The Morgan fingerprint density at radius 2 is 1.86 bits per heavy atom. The van der Waals surface area contributed by atoms with Gasteiger partial charge in [0.2, 0.25) is 17.7 Å². The molecule has 14 heavy (non-hydrogen) atoms. The number of carbonyl (C=O) groups is 3. The van der Waals surface area contributed by atoms with Gasteiger partial charge in [-0.3, -0.25) is 29.5 Å². The lowest BCUT2D eigenvalue weighted by molar-refractivity contribution is -0.169. The summed E-state index contributed by atoms with van der Waals surface area (Å²) in [5.74, 6) is -1.57. The van der Waals surface area contributed by atoms with Crippen molar-refractivity contribution in [1.29, 1.82) is 0 Å². The number of hydrazine groups is 1. The van der Waals surface area contributed by atoms with Gasteiger partial charge >= 0.3 is 0 Å². The van der Waals surface area contributed by atoms with Crippen molar-refractivity contribution >= 4 is 17.7 Å². The van der Waals surface area contributed by atoms with E-state index in [1.165, 1.54) is 13.8 Å². The Morgan fingerprint density at radius 3 is 2.29 bits per heavy atom. The fourth-order valence-electron chi connectivity index (χ4n) is 1.10. The molecule has 0 saturated carbocycles. The van der Waals surface area contributed by atoms with Gasteiger partial charge in [-0.1, -0.05) is 0 Å². The number of amides is 3. The van der Waals surface area contributed by atoms with Gasteiger partial charge in [0.05, 0.1) is 6.54 Å². The predicted molar refractivity (Wildman–Crippen MR) is 45.0 cm³/mol. The summed E-state index contributed by atoms with van der Waals surface area (Å²) in [6.45, 7) is 1.60. The van der Waals surface area contributed by atoms with E-state index in [4.69, 9.17) is 0 Å². The maximum atomic E-state index is 11.1. The molecule has 0 unspecified atom stereocenters. The van der Waals surface area contributed by atoms with E-state index in [0.717, 1.165) is 9.91 Å². The van der Waals surface area contributed by atoms with E-state index in [0.29, 0.717) is 0 Å². The van der Waals surface area contributed by atoms with Gasteiger partial charge in [0.1, 0.15) is 6.67 Å². The Hall–Kier alpha value is -1.47. The lowest BCUT2D eigenvalue weighted by Crippen LogP contribution is -2.59. The third-order valence-corrected chi connectivity index (χ3v) is 1.86. The maximum absolute atomic E-state index is 11.1. The van der Waals surface area contributed by atoms with Crippen molar-refractivity contribution in [2.75, 3.05) is 13.2 Å². The molecule has 1 aliphatic heterocycles. The molecule has 0 aromatic heterocycles. The Morgan fingerprint density at radius 1 is 1.29 bits per heavy atom. The summed E-state index contributed by atoms with van der Waals surface area (Å²) in [5.41, 5.74) is 0. The average Bonchev–Trinajstić information content (AvgIpc) is 2.02. The molecule has 0 bridgehead atoms. The van der Waals surface area contributed by atoms with Gasteiger partial charge in [0, 0.05) is 13.8 Å². The Balaban J connectivity index is 2.80. The summed E-state index contributed by atoms with van der Waals surface area (Å²) in [6.07, 6.45) is 0. The molecule has 1 saturated heterocycles. The van der Waals surface area contributed by atoms with Crippen molar-refractivity contribution in [3.05, 3.63) is 5.21 Å². The highest BCUT2D eigenvalue weighted by atomic mass is 16.6. The van der Waals surface area contributed by atoms with E-state index >= 15 is 0 Å². The Bertz CT molecular complexity index is 291. The molecule has 0 radical (unpaired) electrons. The van der Waals surface area contributed by atoms with Crippen LogP contribution in [0.15, 0.2) is 0 Å². The first-order valence-electron chi connectivity index (χ1n) is 3.97. The Labute approximate surface area is 80.4 Å². The molecular weight excluding hydrogens is 190 g/mol. The van der Waals surface area contributed by atoms with Gasteiger partial charge in [-0.25, -0.2) is 0 Å². The summed E-state index contributed by atoms with van der Waals surface area (Å²) >= 11 is 0. The molecule has 0 atom stereocenters. The van der Waals surface area contributed by atoms with Crippen LogP contribution in [-0.2, 0) is 14.4 Å². The van der Waals surface area contributed by atoms with Gasteiger partial charge in [-0.2, -0.15) is 0 Å². The number of carbonyl (C=O) groups excluding carboxylic acids is 3. The van der Waals surface area contributed by atoms with Crippen LogP contribution in [0.25, 0.3) is 0 Å². The molecule has 0 aromatic carbocycles. The fraction of sp³-hybridized carbons (Fsp3) is 0.571. The van der Waals surface area contributed by atoms with E-state index in [9.17, 15) is 19.6 Å². The summed E-state index contributed by atoms with van der Waals surface area (Å²) < 4.78 is 0. The number of nitrogens with zero attached hydrogens (tertiary/aromatic N) is 3. The van der Waals surface area contributed by atoms with Gasteiger partial charge in [-0.05, 0) is 0 Å². The van der Waals surface area contributed by atoms with Crippen LogP contribution >= 0.6 is 0 Å². The minimum absolute atomic E-state index is 0.254. The van der Waals surface area contributed by atoms with Gasteiger partial charge in [0.25, 0.3) is 0 Å². The second kappa shape index (κ2) is 3.72. The number of rotatable bonds is 0. The van der Waals surface area contributed by atoms with E-state index in [1.807, 2.05) is 0 Å². The number of imide groups is 1. The summed E-state index contributed by atoms with van der Waals surface area (Å²) in [5, 5.41) is 12.1. The summed E-state index contributed by atoms with van der Waals surface area (Å²) in [4.78, 5) is 33.8. The maximum Gasteiger partial charge on any atom is 0.245 e. The van der Waals surface area contributed by atoms with Crippen LogP contribution in [0.4, 0.5) is 0 Å². The first kappa shape index (κ1) is 10.6. The molecule has 3 amide bonds. The van der Waals surface area contributed by atoms with Crippen LogP contribution < -0.4 is 0 Å². The molecule has 0 N–H and O–H groups in total. The topological polar surface area (TPSA) is 84.0 Å². The second-order valence-electron chi connectivity index (χ2n) is 2.91. The van der Waals surface area contributed by atoms with Crippen LogP contribution in [0.5, 0.6) is 0 Å². The smallest absolute Gasteiger partial charge is 0.245 e. The monoisotopic (exact) mass is 200 g/mol. The molecule has 0 aliphatic carbocycles. The fourth-order valence-corrected chi connectivity index (χ4v) is 1.10. The molecule has 1 heterocycles. The van der Waals surface area contributed by atoms with E-state index < -0.39 is 24.3 Å².